The fourth-order valence-corrected chi connectivity index (χ4v) is 2.95. The molecule has 1 aliphatic heterocycles. The molecule has 1 saturated heterocycles. The van der Waals surface area contributed by atoms with E-state index >= 15 is 0 Å². The fraction of sp³-hybridized carbons (Fsp3) is 0.625. The molecule has 2 heterocycles. The van der Waals surface area contributed by atoms with E-state index in [0.29, 0.717) is 6.42 Å². The average Bonchev–Trinajstić information content (AvgIpc) is 2.59. The van der Waals surface area contributed by atoms with Gasteiger partial charge in [0, 0.05) is 6.42 Å². The number of nitrogens with one attached hydrogen (secondary N) is 1. The summed E-state index contributed by atoms with van der Waals surface area (Å²) < 4.78 is 1.12. The topological polar surface area (TPSA) is 108 Å². The molecule has 3 N–H and O–H groups in total. The Hall–Kier alpha value is -1.12. The lowest BCUT2D eigenvalue weighted by Gasteiger charge is -2.10. The highest BCUT2D eigenvalue weighted by molar-refractivity contribution is 8.00. The Kier molecular flexibility index (Phi) is 3.13. The van der Waals surface area contributed by atoms with Gasteiger partial charge in [0.15, 0.2) is 0 Å². The summed E-state index contributed by atoms with van der Waals surface area (Å²) in [7, 11) is 0. The maximum absolute atomic E-state index is 11.4. The predicted octanol–water partition coefficient (Wildman–Crippen LogP) is -1.71. The second kappa shape index (κ2) is 4.40. The Morgan fingerprint density at radius 1 is 1.62 bits per heavy atom. The van der Waals surface area contributed by atoms with E-state index in [1.54, 1.807) is 0 Å². The molecular formula is C8H11N3O4S. The van der Waals surface area contributed by atoms with E-state index in [1.807, 2.05) is 0 Å². The van der Waals surface area contributed by atoms with Gasteiger partial charge in [0.1, 0.15) is 11.6 Å². The molecule has 1 aromatic heterocycles. The van der Waals surface area contributed by atoms with Crippen LogP contribution in [0, 0.1) is 0 Å². The SMILES string of the molecule is O=c1cnn([C@H]2CC(O)[C@@H](CO)S2)c(=O)[nH]1. The zero-order valence-electron chi connectivity index (χ0n) is 8.24. The van der Waals surface area contributed by atoms with E-state index < -0.39 is 17.4 Å². The number of aliphatic hydroxyl groups is 2. The van der Waals surface area contributed by atoms with Crippen molar-refractivity contribution in [1.29, 1.82) is 0 Å². The molecule has 3 atom stereocenters. The van der Waals surface area contributed by atoms with Crippen molar-refractivity contribution in [3.63, 3.8) is 0 Å². The normalized spacial score (nSPS) is 29.5. The minimum atomic E-state index is -0.666. The zero-order valence-corrected chi connectivity index (χ0v) is 9.05. The number of rotatable bonds is 2. The standard InChI is InChI=1S/C8H11N3O4S/c12-3-5-4(13)1-7(16-5)11-8(15)10-6(14)2-9-11/h2,4-5,7,12-13H,1,3H2,(H,10,14,15)/t4?,5-,7-/m1/s1. The van der Waals surface area contributed by atoms with Crippen molar-refractivity contribution >= 4 is 11.8 Å². The first-order chi connectivity index (χ1) is 7.61. The van der Waals surface area contributed by atoms with Crippen molar-refractivity contribution in [2.45, 2.75) is 23.1 Å². The third-order valence-corrected chi connectivity index (χ3v) is 3.91. The van der Waals surface area contributed by atoms with Crippen LogP contribution in [0.15, 0.2) is 15.8 Å². The first-order valence-corrected chi connectivity index (χ1v) is 5.68. The van der Waals surface area contributed by atoms with E-state index in [9.17, 15) is 14.7 Å². The molecule has 0 saturated carbocycles. The molecular weight excluding hydrogens is 234 g/mol. The fourth-order valence-electron chi connectivity index (χ4n) is 1.60. The van der Waals surface area contributed by atoms with Gasteiger partial charge in [-0.2, -0.15) is 5.10 Å². The lowest BCUT2D eigenvalue weighted by atomic mass is 10.2. The van der Waals surface area contributed by atoms with Gasteiger partial charge in [-0.25, -0.2) is 9.48 Å². The van der Waals surface area contributed by atoms with Gasteiger partial charge < -0.3 is 10.2 Å². The molecule has 88 valence electrons. The van der Waals surface area contributed by atoms with Crippen LogP contribution in [0.1, 0.15) is 11.8 Å². The average molecular weight is 245 g/mol. The minimum Gasteiger partial charge on any atom is -0.395 e. The van der Waals surface area contributed by atoms with Crippen molar-refractivity contribution in [3.8, 4) is 0 Å². The molecule has 8 heteroatoms. The Labute approximate surface area is 94.1 Å². The minimum absolute atomic E-state index is 0.152. The molecule has 1 aliphatic rings. The van der Waals surface area contributed by atoms with Crippen LogP contribution in [0.25, 0.3) is 0 Å². The summed E-state index contributed by atoms with van der Waals surface area (Å²) in [6.45, 7) is -0.152. The first-order valence-electron chi connectivity index (χ1n) is 4.74. The van der Waals surface area contributed by atoms with Crippen molar-refractivity contribution in [2.75, 3.05) is 6.61 Å². The summed E-state index contributed by atoms with van der Waals surface area (Å²) in [5, 5.41) is 21.6. The number of aromatic amines is 1. The molecule has 0 radical (unpaired) electrons. The van der Waals surface area contributed by atoms with Crippen LogP contribution >= 0.6 is 11.8 Å². The van der Waals surface area contributed by atoms with Gasteiger partial charge >= 0.3 is 5.69 Å². The smallest absolute Gasteiger partial charge is 0.345 e. The summed E-state index contributed by atoms with van der Waals surface area (Å²) in [6, 6.07) is 0. The van der Waals surface area contributed by atoms with E-state index in [1.165, 1.54) is 11.8 Å². The summed E-state index contributed by atoms with van der Waals surface area (Å²) >= 11 is 1.27. The van der Waals surface area contributed by atoms with E-state index in [-0.39, 0.29) is 17.2 Å². The number of aliphatic hydroxyl groups excluding tert-OH is 2. The molecule has 1 unspecified atom stereocenters. The molecule has 0 aliphatic carbocycles. The predicted molar refractivity (Wildman–Crippen MR) is 57.2 cm³/mol. The highest BCUT2D eigenvalue weighted by atomic mass is 32.2. The van der Waals surface area contributed by atoms with E-state index in [4.69, 9.17) is 5.11 Å². The molecule has 16 heavy (non-hydrogen) atoms. The van der Waals surface area contributed by atoms with E-state index in [2.05, 4.69) is 10.1 Å². The van der Waals surface area contributed by atoms with Crippen LogP contribution in [0.3, 0.4) is 0 Å². The number of nitrogens with zero attached hydrogens (tertiary/aromatic N) is 2. The zero-order chi connectivity index (χ0) is 11.7. The largest absolute Gasteiger partial charge is 0.395 e. The lowest BCUT2D eigenvalue weighted by molar-refractivity contribution is 0.136. The summed E-state index contributed by atoms with van der Waals surface area (Å²) in [6.07, 6.45) is 0.677. The molecule has 0 amide bonds. The third-order valence-electron chi connectivity index (χ3n) is 2.39. The van der Waals surface area contributed by atoms with Crippen LogP contribution < -0.4 is 11.2 Å². The van der Waals surface area contributed by atoms with Crippen molar-refractivity contribution in [1.82, 2.24) is 14.8 Å². The monoisotopic (exact) mass is 245 g/mol. The molecule has 1 fully saturated rings. The summed E-state index contributed by atoms with van der Waals surface area (Å²) in [5.74, 6) is 0. The van der Waals surface area contributed by atoms with E-state index in [0.717, 1.165) is 10.9 Å². The van der Waals surface area contributed by atoms with Crippen LogP contribution in [-0.2, 0) is 0 Å². The van der Waals surface area contributed by atoms with Gasteiger partial charge in [0.25, 0.3) is 5.56 Å². The summed E-state index contributed by atoms with van der Waals surface area (Å²) in [4.78, 5) is 24.3. The summed E-state index contributed by atoms with van der Waals surface area (Å²) in [5.41, 5.74) is -1.15. The Balaban J connectivity index is 2.27. The molecule has 0 bridgehead atoms. The van der Waals surface area contributed by atoms with Crippen molar-refractivity contribution in [2.24, 2.45) is 0 Å². The van der Waals surface area contributed by atoms with Crippen LogP contribution in [0.4, 0.5) is 0 Å². The third kappa shape index (κ3) is 2.04. The molecule has 0 spiro atoms. The number of H-pyrrole nitrogens is 1. The van der Waals surface area contributed by atoms with Gasteiger partial charge in [-0.3, -0.25) is 9.78 Å². The molecule has 2 rings (SSSR count). The Bertz CT molecular complexity index is 485. The van der Waals surface area contributed by atoms with Crippen LogP contribution in [-0.4, -0.2) is 42.9 Å². The van der Waals surface area contributed by atoms with Gasteiger partial charge in [-0.05, 0) is 0 Å². The maximum atomic E-state index is 11.4. The van der Waals surface area contributed by atoms with Crippen molar-refractivity contribution < 1.29 is 10.2 Å². The first kappa shape index (κ1) is 11.4. The second-order valence-corrected chi connectivity index (χ2v) is 4.92. The molecule has 0 aromatic carbocycles. The van der Waals surface area contributed by atoms with Gasteiger partial charge in [0.2, 0.25) is 0 Å². The number of hydrogen-bond acceptors (Lipinski definition) is 6. The van der Waals surface area contributed by atoms with Gasteiger partial charge in [-0.1, -0.05) is 0 Å². The quantitative estimate of drug-likeness (QED) is 0.572. The second-order valence-electron chi connectivity index (χ2n) is 3.50. The molecule has 1 aromatic rings. The maximum Gasteiger partial charge on any atom is 0.345 e. The number of thioether (sulfide) groups is 1. The molecule has 7 nitrogen and oxygen atoms in total. The van der Waals surface area contributed by atoms with Gasteiger partial charge in [-0.15, -0.1) is 11.8 Å². The number of aromatic nitrogens is 3. The highest BCUT2D eigenvalue weighted by Crippen LogP contribution is 2.39. The Morgan fingerprint density at radius 2 is 2.38 bits per heavy atom. The Morgan fingerprint density at radius 3 is 2.94 bits per heavy atom. The van der Waals surface area contributed by atoms with Gasteiger partial charge in [0.05, 0.1) is 18.0 Å². The van der Waals surface area contributed by atoms with Crippen molar-refractivity contribution in [3.05, 3.63) is 27.0 Å². The highest BCUT2D eigenvalue weighted by Gasteiger charge is 2.35. The van der Waals surface area contributed by atoms with Crippen LogP contribution in [0.2, 0.25) is 0 Å². The number of hydrogen-bond donors (Lipinski definition) is 3. The van der Waals surface area contributed by atoms with Crippen LogP contribution in [0.5, 0.6) is 0 Å². The lowest BCUT2D eigenvalue weighted by Crippen LogP contribution is -2.32.